The van der Waals surface area contributed by atoms with Crippen LogP contribution in [0.1, 0.15) is 0 Å². The second-order valence-electron chi connectivity index (χ2n) is 3.02. The molecule has 0 aromatic heterocycles. The SMILES string of the molecule is CN(C)C[NH+](C)C.COS(=O)(=O)[O-]. The zero-order chi connectivity index (χ0) is 11.1. The average Bonchev–Trinajstić information content (AvgIpc) is 1.84. The van der Waals surface area contributed by atoms with Crippen molar-refractivity contribution in [3.05, 3.63) is 0 Å². The molecule has 0 aliphatic heterocycles. The van der Waals surface area contributed by atoms with Crippen LogP contribution < -0.4 is 4.90 Å². The van der Waals surface area contributed by atoms with Crippen LogP contribution >= 0.6 is 0 Å². The van der Waals surface area contributed by atoms with Gasteiger partial charge in [-0.25, -0.2) is 8.42 Å². The maximum atomic E-state index is 9.22. The Hall–Kier alpha value is -0.210. The molecule has 6 nitrogen and oxygen atoms in total. The van der Waals surface area contributed by atoms with Crippen LogP contribution in [0.5, 0.6) is 0 Å². The highest BCUT2D eigenvalue weighted by Crippen LogP contribution is 1.74. The summed E-state index contributed by atoms with van der Waals surface area (Å²) in [5, 5.41) is 0. The second-order valence-corrected chi connectivity index (χ2v) is 4.17. The third kappa shape index (κ3) is 24.5. The number of hydrogen-bond donors (Lipinski definition) is 1. The van der Waals surface area contributed by atoms with E-state index in [1.165, 1.54) is 4.90 Å². The fourth-order valence-electron chi connectivity index (χ4n) is 0.632. The molecule has 0 aromatic rings. The molecule has 0 spiro atoms. The zero-order valence-electron chi connectivity index (χ0n) is 8.70. The van der Waals surface area contributed by atoms with Crippen molar-refractivity contribution in [2.75, 3.05) is 42.0 Å². The van der Waals surface area contributed by atoms with E-state index in [2.05, 4.69) is 37.3 Å². The normalized spacial score (nSPS) is 11.4. The van der Waals surface area contributed by atoms with Gasteiger partial charge >= 0.3 is 0 Å². The highest BCUT2D eigenvalue weighted by molar-refractivity contribution is 7.80. The van der Waals surface area contributed by atoms with E-state index in [4.69, 9.17) is 0 Å². The summed E-state index contributed by atoms with van der Waals surface area (Å²) in [4.78, 5) is 3.62. The van der Waals surface area contributed by atoms with Crippen molar-refractivity contribution in [3.8, 4) is 0 Å². The highest BCUT2D eigenvalue weighted by atomic mass is 32.3. The summed E-state index contributed by atoms with van der Waals surface area (Å²) in [6.45, 7) is 1.11. The molecule has 0 aromatic carbocycles. The molecule has 0 radical (unpaired) electrons. The van der Waals surface area contributed by atoms with E-state index in [1.54, 1.807) is 0 Å². The lowest BCUT2D eigenvalue weighted by Crippen LogP contribution is -3.07. The van der Waals surface area contributed by atoms with Gasteiger partial charge in [0.2, 0.25) is 10.4 Å². The highest BCUT2D eigenvalue weighted by Gasteiger charge is 1.91. The van der Waals surface area contributed by atoms with Crippen LogP contribution in [0.4, 0.5) is 0 Å². The van der Waals surface area contributed by atoms with Crippen molar-refractivity contribution >= 4 is 10.4 Å². The van der Waals surface area contributed by atoms with Crippen LogP contribution in [-0.4, -0.2) is 59.8 Å². The molecule has 0 heterocycles. The standard InChI is InChI=1S/C5H14N2.CH4O4S/c1-6(2)5-7(3)4;1-5-6(2,3)4/h5H2,1-4H3;1H3,(H,2,3,4). The Morgan fingerprint density at radius 3 is 1.69 bits per heavy atom. The van der Waals surface area contributed by atoms with Crippen molar-refractivity contribution in [2.24, 2.45) is 0 Å². The van der Waals surface area contributed by atoms with Gasteiger partial charge < -0.3 is 9.45 Å². The van der Waals surface area contributed by atoms with Crippen LogP contribution in [0.15, 0.2) is 0 Å². The van der Waals surface area contributed by atoms with E-state index in [9.17, 15) is 13.0 Å². The van der Waals surface area contributed by atoms with Crippen molar-refractivity contribution in [1.29, 1.82) is 0 Å². The molecule has 13 heavy (non-hydrogen) atoms. The summed E-state index contributed by atoms with van der Waals surface area (Å²) in [7, 11) is 4.83. The lowest BCUT2D eigenvalue weighted by molar-refractivity contribution is -0.868. The Morgan fingerprint density at radius 1 is 1.38 bits per heavy atom. The molecule has 82 valence electrons. The van der Waals surface area contributed by atoms with Crippen molar-refractivity contribution in [2.45, 2.75) is 0 Å². The first kappa shape index (κ1) is 15.3. The molecule has 0 fully saturated rings. The molecule has 0 rings (SSSR count). The minimum absolute atomic E-state index is 0.808. The summed E-state index contributed by atoms with van der Waals surface area (Å²) >= 11 is 0. The van der Waals surface area contributed by atoms with Crippen molar-refractivity contribution in [3.63, 3.8) is 0 Å². The minimum atomic E-state index is -4.41. The number of hydrogen-bond acceptors (Lipinski definition) is 5. The molecule has 0 aliphatic carbocycles. The third-order valence-electron chi connectivity index (χ3n) is 0.837. The lowest BCUT2D eigenvalue weighted by atomic mass is 10.8. The Balaban J connectivity index is 0. The number of quaternary nitrogens is 1. The van der Waals surface area contributed by atoms with Crippen LogP contribution in [0, 0.1) is 0 Å². The first-order chi connectivity index (χ1) is 5.69. The van der Waals surface area contributed by atoms with E-state index in [1.807, 2.05) is 0 Å². The quantitative estimate of drug-likeness (QED) is 0.326. The Labute approximate surface area is 80.0 Å². The second kappa shape index (κ2) is 7.22. The summed E-state index contributed by atoms with van der Waals surface area (Å²) in [6, 6.07) is 0. The van der Waals surface area contributed by atoms with Gasteiger partial charge in [-0.3, -0.25) is 9.08 Å². The Morgan fingerprint density at radius 2 is 1.69 bits per heavy atom. The van der Waals surface area contributed by atoms with Crippen LogP contribution in [0.25, 0.3) is 0 Å². The molecular formula is C6H18N2O4S. The summed E-state index contributed by atoms with van der Waals surface area (Å²) in [5.74, 6) is 0. The smallest absolute Gasteiger partial charge is 0.217 e. The first-order valence-electron chi connectivity index (χ1n) is 3.64. The Bertz CT molecular complexity index is 195. The van der Waals surface area contributed by atoms with E-state index < -0.39 is 10.4 Å². The van der Waals surface area contributed by atoms with Gasteiger partial charge in [0.25, 0.3) is 0 Å². The lowest BCUT2D eigenvalue weighted by Gasteiger charge is -2.12. The monoisotopic (exact) mass is 214 g/mol. The third-order valence-corrected chi connectivity index (χ3v) is 1.24. The molecule has 0 atom stereocenters. The predicted molar refractivity (Wildman–Crippen MR) is 48.1 cm³/mol. The summed E-state index contributed by atoms with van der Waals surface area (Å²) in [6.07, 6.45) is 0. The van der Waals surface area contributed by atoms with Crippen LogP contribution in [0.2, 0.25) is 0 Å². The van der Waals surface area contributed by atoms with Crippen LogP contribution in [0.3, 0.4) is 0 Å². The number of nitrogens with one attached hydrogen (secondary N) is 1. The molecule has 0 unspecified atom stereocenters. The average molecular weight is 214 g/mol. The summed E-state index contributed by atoms with van der Waals surface area (Å²) < 4.78 is 31.0. The van der Waals surface area contributed by atoms with Gasteiger partial charge in [0, 0.05) is 0 Å². The molecule has 1 N–H and O–H groups in total. The van der Waals surface area contributed by atoms with Gasteiger partial charge in [-0.05, 0) is 14.1 Å². The van der Waals surface area contributed by atoms with E-state index in [-0.39, 0.29) is 0 Å². The minimum Gasteiger partial charge on any atom is -0.726 e. The molecular weight excluding hydrogens is 196 g/mol. The number of rotatable bonds is 3. The summed E-state index contributed by atoms with van der Waals surface area (Å²) in [5.41, 5.74) is 0. The van der Waals surface area contributed by atoms with E-state index in [0.717, 1.165) is 13.8 Å². The van der Waals surface area contributed by atoms with E-state index in [0.29, 0.717) is 0 Å². The van der Waals surface area contributed by atoms with Crippen molar-refractivity contribution < 1.29 is 22.1 Å². The largest absolute Gasteiger partial charge is 0.726 e. The Kier molecular flexibility index (Phi) is 8.48. The maximum Gasteiger partial charge on any atom is 0.217 e. The van der Waals surface area contributed by atoms with Gasteiger partial charge in [-0.15, -0.1) is 0 Å². The van der Waals surface area contributed by atoms with E-state index >= 15 is 0 Å². The zero-order valence-corrected chi connectivity index (χ0v) is 9.51. The molecule has 0 aliphatic rings. The molecule has 0 amide bonds. The van der Waals surface area contributed by atoms with Gasteiger partial charge in [-0.1, -0.05) is 0 Å². The molecule has 0 saturated carbocycles. The van der Waals surface area contributed by atoms with Gasteiger partial charge in [0.1, 0.15) is 6.67 Å². The van der Waals surface area contributed by atoms with Crippen LogP contribution in [-0.2, 0) is 14.6 Å². The molecule has 7 heteroatoms. The van der Waals surface area contributed by atoms with Gasteiger partial charge in [-0.2, -0.15) is 0 Å². The number of nitrogens with zero attached hydrogens (tertiary/aromatic N) is 1. The topological polar surface area (TPSA) is 74.1 Å². The fraction of sp³-hybridized carbons (Fsp3) is 1.00. The molecule has 0 bridgehead atoms. The maximum absolute atomic E-state index is 9.22. The first-order valence-corrected chi connectivity index (χ1v) is 4.97. The van der Waals surface area contributed by atoms with Gasteiger partial charge in [0.15, 0.2) is 0 Å². The van der Waals surface area contributed by atoms with Gasteiger partial charge in [0.05, 0.1) is 21.2 Å². The predicted octanol–water partition coefficient (Wildman–Crippen LogP) is -2.26. The molecule has 0 saturated heterocycles. The fourth-order valence-corrected chi connectivity index (χ4v) is 0.632. The van der Waals surface area contributed by atoms with Crippen molar-refractivity contribution in [1.82, 2.24) is 4.90 Å².